The molecule has 0 radical (unpaired) electrons. The molecule has 0 aliphatic carbocycles. The molecule has 0 atom stereocenters. The van der Waals surface area contributed by atoms with Crippen molar-refractivity contribution in [3.05, 3.63) is 52.1 Å². The van der Waals surface area contributed by atoms with Crippen LogP contribution in [0.3, 0.4) is 0 Å². The van der Waals surface area contributed by atoms with Crippen LogP contribution in [-0.2, 0) is 14.8 Å². The fourth-order valence-electron chi connectivity index (χ4n) is 3.69. The third kappa shape index (κ3) is 4.56. The van der Waals surface area contributed by atoms with E-state index < -0.39 is 37.4 Å². The Balaban J connectivity index is 1.45. The summed E-state index contributed by atoms with van der Waals surface area (Å²) in [6, 6.07) is 4.84. The number of thiazole rings is 1. The number of amides is 1. The normalized spacial score (nSPS) is 15.4. The Kier molecular flexibility index (Phi) is 6.47. The van der Waals surface area contributed by atoms with Crippen LogP contribution in [0.4, 0.5) is 19.6 Å². The van der Waals surface area contributed by atoms with Gasteiger partial charge in [-0.25, -0.2) is 22.2 Å². The standard InChI is InChI=1S/C20H18F2N4O6S2/c1-32-15-9-13(26(28)29)10-16-18(15)23-20(33-16)24-19(27)11-4-6-25(7-5-11)34(30,31)17-3-2-12(21)8-14(17)22/h2-3,8-11H,4-7H2,1H3,(H,23,24,27). The summed E-state index contributed by atoms with van der Waals surface area (Å²) in [6.07, 6.45) is 0.376. The first-order valence-corrected chi connectivity index (χ1v) is 12.2. The lowest BCUT2D eigenvalue weighted by Gasteiger charge is -2.30. The van der Waals surface area contributed by atoms with E-state index in [-0.39, 0.29) is 48.4 Å². The second-order valence-electron chi connectivity index (χ2n) is 7.51. The number of anilines is 1. The number of hydrogen-bond acceptors (Lipinski definition) is 8. The molecule has 1 N–H and O–H groups in total. The van der Waals surface area contributed by atoms with Crippen molar-refractivity contribution in [2.45, 2.75) is 17.7 Å². The molecule has 4 rings (SSSR count). The van der Waals surface area contributed by atoms with E-state index in [0.717, 1.165) is 27.8 Å². The Labute approximate surface area is 196 Å². The van der Waals surface area contributed by atoms with Crippen LogP contribution in [-0.4, -0.2) is 48.7 Å². The van der Waals surface area contributed by atoms with Gasteiger partial charge in [-0.2, -0.15) is 4.31 Å². The number of carbonyl (C=O) groups is 1. The van der Waals surface area contributed by atoms with E-state index in [0.29, 0.717) is 16.3 Å². The summed E-state index contributed by atoms with van der Waals surface area (Å²) in [7, 11) is -2.82. The zero-order valence-corrected chi connectivity index (χ0v) is 19.3. The first-order valence-electron chi connectivity index (χ1n) is 9.99. The number of carbonyl (C=O) groups excluding carboxylic acids is 1. The summed E-state index contributed by atoms with van der Waals surface area (Å²) in [4.78, 5) is 27.0. The summed E-state index contributed by atoms with van der Waals surface area (Å²) in [5, 5.41) is 14.0. The fraction of sp³-hybridized carbons (Fsp3) is 0.300. The first-order chi connectivity index (χ1) is 16.1. The molecule has 0 unspecified atom stereocenters. The smallest absolute Gasteiger partial charge is 0.274 e. The summed E-state index contributed by atoms with van der Waals surface area (Å²) >= 11 is 1.05. The van der Waals surface area contributed by atoms with Crippen molar-refractivity contribution in [2.24, 2.45) is 5.92 Å². The minimum Gasteiger partial charge on any atom is -0.494 e. The lowest BCUT2D eigenvalue weighted by atomic mass is 9.97. The number of aromatic nitrogens is 1. The lowest BCUT2D eigenvalue weighted by molar-refractivity contribution is -0.384. The van der Waals surface area contributed by atoms with Crippen LogP contribution in [0.5, 0.6) is 5.75 Å². The summed E-state index contributed by atoms with van der Waals surface area (Å²) < 4.78 is 59.3. The molecule has 1 saturated heterocycles. The number of piperidine rings is 1. The van der Waals surface area contributed by atoms with Crippen LogP contribution in [0.1, 0.15) is 12.8 Å². The van der Waals surface area contributed by atoms with Crippen molar-refractivity contribution in [2.75, 3.05) is 25.5 Å². The van der Waals surface area contributed by atoms with Gasteiger partial charge >= 0.3 is 0 Å². The number of rotatable bonds is 6. The maximum Gasteiger partial charge on any atom is 0.274 e. The molecule has 1 amide bonds. The molecule has 34 heavy (non-hydrogen) atoms. The first kappa shape index (κ1) is 23.9. The number of benzene rings is 2. The predicted molar refractivity (Wildman–Crippen MR) is 119 cm³/mol. The third-order valence-corrected chi connectivity index (χ3v) is 8.29. The van der Waals surface area contributed by atoms with Crippen LogP contribution in [0, 0.1) is 27.7 Å². The SMILES string of the molecule is COc1cc([N+](=O)[O-])cc2sc(NC(=O)C3CCN(S(=O)(=O)c4ccc(F)cc4F)CC3)nc12. The lowest BCUT2D eigenvalue weighted by Crippen LogP contribution is -2.41. The molecule has 1 aliphatic heterocycles. The topological polar surface area (TPSA) is 132 Å². The zero-order chi connectivity index (χ0) is 24.6. The van der Waals surface area contributed by atoms with E-state index in [1.807, 2.05) is 0 Å². The van der Waals surface area contributed by atoms with Crippen LogP contribution in [0.2, 0.25) is 0 Å². The van der Waals surface area contributed by atoms with E-state index >= 15 is 0 Å². The minimum absolute atomic E-state index is 0.0168. The van der Waals surface area contributed by atoms with E-state index in [9.17, 15) is 32.1 Å². The Bertz CT molecular complexity index is 1390. The predicted octanol–water partition coefficient (Wildman–Crippen LogP) is 3.53. The van der Waals surface area contributed by atoms with Crippen molar-refractivity contribution in [3.63, 3.8) is 0 Å². The van der Waals surface area contributed by atoms with Crippen molar-refractivity contribution >= 4 is 48.3 Å². The van der Waals surface area contributed by atoms with Gasteiger partial charge < -0.3 is 10.1 Å². The van der Waals surface area contributed by atoms with Gasteiger partial charge in [0.1, 0.15) is 22.0 Å². The summed E-state index contributed by atoms with van der Waals surface area (Å²) in [6.45, 7) is -0.0335. The Morgan fingerprint density at radius 1 is 1.26 bits per heavy atom. The molecule has 180 valence electrons. The highest BCUT2D eigenvalue weighted by molar-refractivity contribution is 7.89. The summed E-state index contributed by atoms with van der Waals surface area (Å²) in [5.41, 5.74) is 0.202. The van der Waals surface area contributed by atoms with Crippen LogP contribution < -0.4 is 10.1 Å². The molecule has 1 aliphatic rings. The molecule has 10 nitrogen and oxygen atoms in total. The number of methoxy groups -OCH3 is 1. The van der Waals surface area contributed by atoms with Crippen molar-refractivity contribution in [1.29, 1.82) is 0 Å². The number of non-ortho nitro benzene ring substituents is 1. The highest BCUT2D eigenvalue weighted by atomic mass is 32.2. The van der Waals surface area contributed by atoms with Gasteiger partial charge in [-0.3, -0.25) is 14.9 Å². The molecule has 0 bridgehead atoms. The van der Waals surface area contributed by atoms with E-state index in [4.69, 9.17) is 4.74 Å². The monoisotopic (exact) mass is 512 g/mol. The van der Waals surface area contributed by atoms with Gasteiger partial charge in [0.05, 0.1) is 22.8 Å². The molecule has 2 aromatic carbocycles. The molecule has 0 saturated carbocycles. The number of nitro benzene ring substituents is 1. The number of hydrogen-bond donors (Lipinski definition) is 1. The van der Waals surface area contributed by atoms with E-state index in [1.54, 1.807) is 0 Å². The number of fused-ring (bicyclic) bond motifs is 1. The number of sulfonamides is 1. The molecule has 0 spiro atoms. The maximum absolute atomic E-state index is 14.0. The summed E-state index contributed by atoms with van der Waals surface area (Å²) in [5.74, 6) is -2.75. The minimum atomic E-state index is -4.17. The van der Waals surface area contributed by atoms with Gasteiger partial charge in [-0.1, -0.05) is 11.3 Å². The molecular formula is C20H18F2N4O6S2. The fourth-order valence-corrected chi connectivity index (χ4v) is 6.12. The number of nitrogens with one attached hydrogen (secondary N) is 1. The highest BCUT2D eigenvalue weighted by Crippen LogP contribution is 2.36. The van der Waals surface area contributed by atoms with E-state index in [1.165, 1.54) is 19.2 Å². The number of ether oxygens (including phenoxy) is 1. The van der Waals surface area contributed by atoms with Gasteiger partial charge in [-0.05, 0) is 25.0 Å². The van der Waals surface area contributed by atoms with Crippen molar-refractivity contribution in [3.8, 4) is 5.75 Å². The highest BCUT2D eigenvalue weighted by Gasteiger charge is 2.34. The van der Waals surface area contributed by atoms with Gasteiger partial charge in [-0.15, -0.1) is 0 Å². The van der Waals surface area contributed by atoms with Gasteiger partial charge in [0.15, 0.2) is 10.9 Å². The van der Waals surface area contributed by atoms with E-state index in [2.05, 4.69) is 10.3 Å². The Hall–Kier alpha value is -3.23. The second kappa shape index (κ2) is 9.19. The van der Waals surface area contributed by atoms with Crippen molar-refractivity contribution in [1.82, 2.24) is 9.29 Å². The number of nitro groups is 1. The third-order valence-electron chi connectivity index (χ3n) is 5.44. The quantitative estimate of drug-likeness (QED) is 0.395. The molecule has 14 heteroatoms. The van der Waals surface area contributed by atoms with Crippen LogP contribution in [0.15, 0.2) is 35.2 Å². The number of halogens is 2. The largest absolute Gasteiger partial charge is 0.494 e. The molecular weight excluding hydrogens is 494 g/mol. The average molecular weight is 513 g/mol. The van der Waals surface area contributed by atoms with Gasteiger partial charge in [0.25, 0.3) is 5.69 Å². The molecule has 1 aromatic heterocycles. The maximum atomic E-state index is 14.0. The Morgan fingerprint density at radius 3 is 2.59 bits per heavy atom. The van der Waals surface area contributed by atoms with Crippen LogP contribution >= 0.6 is 11.3 Å². The van der Waals surface area contributed by atoms with Gasteiger partial charge in [0.2, 0.25) is 15.9 Å². The van der Waals surface area contributed by atoms with Crippen molar-refractivity contribution < 1.29 is 31.7 Å². The number of nitrogens with zero attached hydrogens (tertiary/aromatic N) is 3. The average Bonchev–Trinajstić information content (AvgIpc) is 3.20. The molecule has 2 heterocycles. The Morgan fingerprint density at radius 2 is 1.97 bits per heavy atom. The van der Waals surface area contributed by atoms with Crippen LogP contribution in [0.25, 0.3) is 10.2 Å². The second-order valence-corrected chi connectivity index (χ2v) is 10.5. The molecule has 3 aromatic rings. The molecule has 1 fully saturated rings. The van der Waals surface area contributed by atoms with Gasteiger partial charge in [0, 0.05) is 31.1 Å². The zero-order valence-electron chi connectivity index (χ0n) is 17.7.